The van der Waals surface area contributed by atoms with E-state index in [1.165, 1.54) is 28.8 Å². The Morgan fingerprint density at radius 3 is 1.96 bits per heavy atom. The molecule has 1 fully saturated rings. The monoisotopic (exact) mass is 358 g/mol. The van der Waals surface area contributed by atoms with Gasteiger partial charge in [-0.25, -0.2) is 4.79 Å². The number of benzene rings is 1. The van der Waals surface area contributed by atoms with E-state index < -0.39 is 0 Å². The minimum absolute atomic E-state index is 0.212. The van der Waals surface area contributed by atoms with E-state index in [1.807, 2.05) is 0 Å². The lowest BCUT2D eigenvalue weighted by Gasteiger charge is -2.36. The van der Waals surface area contributed by atoms with E-state index in [2.05, 4.69) is 34.1 Å². The van der Waals surface area contributed by atoms with E-state index in [0.717, 1.165) is 43.7 Å². The third kappa shape index (κ3) is 3.73. The lowest BCUT2D eigenvalue weighted by molar-refractivity contribution is 0.215. The zero-order chi connectivity index (χ0) is 18.7. The van der Waals surface area contributed by atoms with Crippen LogP contribution >= 0.6 is 0 Å². The fourth-order valence-electron chi connectivity index (χ4n) is 3.18. The molecule has 0 atom stereocenters. The highest BCUT2D eigenvalue weighted by molar-refractivity contribution is 5.75. The van der Waals surface area contributed by atoms with Gasteiger partial charge in [0.2, 0.25) is 0 Å². The number of rotatable bonds is 4. The Bertz CT molecular complexity index is 841. The van der Waals surface area contributed by atoms with Gasteiger partial charge in [0.05, 0.1) is 0 Å². The zero-order valence-corrected chi connectivity index (χ0v) is 15.4. The van der Waals surface area contributed by atoms with Crippen molar-refractivity contribution in [3.63, 3.8) is 0 Å². The molecule has 26 heavy (non-hydrogen) atoms. The normalized spacial score (nSPS) is 15.4. The molecule has 7 heteroatoms. The highest BCUT2D eigenvalue weighted by Crippen LogP contribution is 2.29. The van der Waals surface area contributed by atoms with Crippen LogP contribution in [0.25, 0.3) is 11.1 Å². The minimum atomic E-state index is -0.296. The molecule has 1 N–H and O–H groups in total. The van der Waals surface area contributed by atoms with Crippen molar-refractivity contribution in [1.82, 2.24) is 14.0 Å². The van der Waals surface area contributed by atoms with Crippen LogP contribution < -0.4 is 16.1 Å². The molecule has 2 heterocycles. The van der Waals surface area contributed by atoms with Crippen molar-refractivity contribution < 1.29 is 5.11 Å². The Hall–Kier alpha value is -2.38. The molecule has 140 valence electrons. The fourth-order valence-corrected chi connectivity index (χ4v) is 3.18. The molecular weight excluding hydrogens is 332 g/mol. The minimum Gasteiger partial charge on any atom is -0.396 e. The SMILES string of the molecule is Cn1c(N2CCN(CCCO)CC2)cc(=O)n(C)c1=O.c1cc2ccc1-2. The molecule has 0 amide bonds. The van der Waals surface area contributed by atoms with E-state index in [-0.39, 0.29) is 17.9 Å². The summed E-state index contributed by atoms with van der Waals surface area (Å²) >= 11 is 0. The number of aliphatic hydroxyl groups excluding tert-OH is 1. The zero-order valence-electron chi connectivity index (χ0n) is 15.4. The molecular formula is C19H26N4O3. The van der Waals surface area contributed by atoms with Crippen LogP contribution in [-0.2, 0) is 14.1 Å². The van der Waals surface area contributed by atoms with E-state index in [4.69, 9.17) is 5.11 Å². The third-order valence-corrected chi connectivity index (χ3v) is 5.05. The van der Waals surface area contributed by atoms with Gasteiger partial charge in [0.25, 0.3) is 5.56 Å². The molecule has 4 rings (SSSR count). The summed E-state index contributed by atoms with van der Waals surface area (Å²) in [5.74, 6) is 0.680. The van der Waals surface area contributed by atoms with Gasteiger partial charge in [0, 0.05) is 59.5 Å². The topological polar surface area (TPSA) is 70.7 Å². The predicted molar refractivity (Wildman–Crippen MR) is 103 cm³/mol. The van der Waals surface area contributed by atoms with Gasteiger partial charge >= 0.3 is 5.69 Å². The molecule has 0 aromatic carbocycles. The first-order valence-corrected chi connectivity index (χ1v) is 8.97. The van der Waals surface area contributed by atoms with Crippen molar-refractivity contribution in [2.24, 2.45) is 14.1 Å². The standard InChI is InChI=1S/C13H22N4O3.C6H4/c1-14-11(10-12(19)15(2)13(14)20)17-7-5-16(6-8-17)4-3-9-18;1-2-6-4-3-5(1)6/h10,18H,3-9H2,1-2H3;1-4H. The number of anilines is 1. The summed E-state index contributed by atoms with van der Waals surface area (Å²) in [6, 6.07) is 10.0. The van der Waals surface area contributed by atoms with Crippen molar-refractivity contribution >= 4 is 5.82 Å². The Balaban J connectivity index is 0.000000269. The molecule has 1 saturated heterocycles. The summed E-state index contributed by atoms with van der Waals surface area (Å²) < 4.78 is 2.63. The Morgan fingerprint density at radius 2 is 1.50 bits per heavy atom. The molecule has 1 aromatic heterocycles. The average Bonchev–Trinajstić information content (AvgIpc) is 2.65. The van der Waals surface area contributed by atoms with Crippen LogP contribution in [0.4, 0.5) is 5.82 Å². The number of piperazine rings is 1. The first kappa shape index (κ1) is 18.4. The summed E-state index contributed by atoms with van der Waals surface area (Å²) in [6.45, 7) is 4.42. The maximum absolute atomic E-state index is 11.9. The largest absolute Gasteiger partial charge is 0.396 e. The highest BCUT2D eigenvalue weighted by atomic mass is 16.3. The summed E-state index contributed by atoms with van der Waals surface area (Å²) in [6.07, 6.45) is 0.782. The van der Waals surface area contributed by atoms with Crippen LogP contribution in [0.1, 0.15) is 6.42 Å². The summed E-state index contributed by atoms with van der Waals surface area (Å²) in [5.41, 5.74) is 2.28. The van der Waals surface area contributed by atoms with E-state index in [0.29, 0.717) is 5.82 Å². The number of aliphatic hydroxyl groups is 1. The van der Waals surface area contributed by atoms with Gasteiger partial charge in [-0.1, -0.05) is 24.3 Å². The van der Waals surface area contributed by atoms with Gasteiger partial charge in [0.1, 0.15) is 5.82 Å². The van der Waals surface area contributed by atoms with E-state index in [9.17, 15) is 9.59 Å². The van der Waals surface area contributed by atoms with Crippen LogP contribution in [0.5, 0.6) is 0 Å². The van der Waals surface area contributed by atoms with Crippen molar-refractivity contribution in [3.05, 3.63) is 51.2 Å². The van der Waals surface area contributed by atoms with Crippen LogP contribution in [0.3, 0.4) is 0 Å². The van der Waals surface area contributed by atoms with Crippen LogP contribution in [-0.4, -0.2) is 58.5 Å². The first-order chi connectivity index (χ1) is 12.5. The third-order valence-electron chi connectivity index (χ3n) is 5.05. The lowest BCUT2D eigenvalue weighted by Crippen LogP contribution is -2.49. The first-order valence-electron chi connectivity index (χ1n) is 8.97. The molecule has 0 radical (unpaired) electrons. The average molecular weight is 358 g/mol. The molecule has 0 saturated carbocycles. The molecule has 0 unspecified atom stereocenters. The smallest absolute Gasteiger partial charge is 0.332 e. The van der Waals surface area contributed by atoms with Crippen molar-refractivity contribution in [2.45, 2.75) is 6.42 Å². The summed E-state index contributed by atoms with van der Waals surface area (Å²) in [5, 5.41) is 8.84. The number of fused-ring (bicyclic) bond motifs is 1. The Kier molecular flexibility index (Phi) is 5.58. The Labute approximate surface area is 152 Å². The van der Waals surface area contributed by atoms with Gasteiger partial charge in [-0.2, -0.15) is 0 Å². The van der Waals surface area contributed by atoms with Gasteiger partial charge in [-0.15, -0.1) is 0 Å². The van der Waals surface area contributed by atoms with Crippen molar-refractivity contribution in [3.8, 4) is 11.1 Å². The second-order valence-corrected chi connectivity index (χ2v) is 6.72. The maximum atomic E-state index is 11.9. The highest BCUT2D eigenvalue weighted by Gasteiger charge is 2.19. The van der Waals surface area contributed by atoms with E-state index >= 15 is 0 Å². The number of hydrogen-bond donors (Lipinski definition) is 1. The Morgan fingerprint density at radius 1 is 0.923 bits per heavy atom. The summed E-state index contributed by atoms with van der Waals surface area (Å²) in [4.78, 5) is 28.0. The lowest BCUT2D eigenvalue weighted by atomic mass is 9.95. The van der Waals surface area contributed by atoms with Gasteiger partial charge in [-0.3, -0.25) is 18.8 Å². The van der Waals surface area contributed by atoms with Crippen LogP contribution in [0.15, 0.2) is 39.9 Å². The van der Waals surface area contributed by atoms with Gasteiger partial charge < -0.3 is 10.0 Å². The van der Waals surface area contributed by atoms with Gasteiger partial charge in [0.15, 0.2) is 0 Å². The number of nitrogens with zero attached hydrogens (tertiary/aromatic N) is 4. The molecule has 1 aliphatic heterocycles. The molecule has 7 nitrogen and oxygen atoms in total. The van der Waals surface area contributed by atoms with Crippen molar-refractivity contribution in [1.29, 1.82) is 0 Å². The number of hydrogen-bond acceptors (Lipinski definition) is 5. The second-order valence-electron chi connectivity index (χ2n) is 6.72. The predicted octanol–water partition coefficient (Wildman–Crippen LogP) is 0.255. The molecule has 0 spiro atoms. The fraction of sp³-hybridized carbons (Fsp3) is 0.474. The summed E-state index contributed by atoms with van der Waals surface area (Å²) in [7, 11) is 3.18. The van der Waals surface area contributed by atoms with Crippen LogP contribution in [0.2, 0.25) is 0 Å². The quantitative estimate of drug-likeness (QED) is 0.724. The van der Waals surface area contributed by atoms with Crippen LogP contribution in [0, 0.1) is 0 Å². The molecule has 1 aromatic rings. The second kappa shape index (κ2) is 7.88. The number of aromatic nitrogens is 2. The van der Waals surface area contributed by atoms with Gasteiger partial charge in [-0.05, 0) is 17.5 Å². The maximum Gasteiger partial charge on any atom is 0.332 e. The van der Waals surface area contributed by atoms with E-state index in [1.54, 1.807) is 7.05 Å². The molecule has 2 aliphatic carbocycles. The van der Waals surface area contributed by atoms with Crippen molar-refractivity contribution in [2.75, 3.05) is 44.2 Å². The molecule has 0 bridgehead atoms. The molecule has 3 aliphatic rings.